The molecule has 5 heteroatoms. The molecule has 1 heterocycles. The Morgan fingerprint density at radius 2 is 1.94 bits per heavy atom. The lowest BCUT2D eigenvalue weighted by atomic mass is 10.1. The molecule has 1 aliphatic rings. The molecule has 98 valence electrons. The van der Waals surface area contributed by atoms with Crippen molar-refractivity contribution in [2.24, 2.45) is 5.92 Å². The van der Waals surface area contributed by atoms with Crippen molar-refractivity contribution in [2.45, 2.75) is 26.7 Å². The molecule has 1 amide bonds. The Bertz CT molecular complexity index is 275. The van der Waals surface area contributed by atoms with Crippen molar-refractivity contribution in [3.63, 3.8) is 0 Å². The highest BCUT2D eigenvalue weighted by Gasteiger charge is 2.22. The van der Waals surface area contributed by atoms with Crippen LogP contribution in [0, 0.1) is 5.92 Å². The summed E-state index contributed by atoms with van der Waals surface area (Å²) in [6.45, 7) is 6.81. The largest absolute Gasteiger partial charge is 0.481 e. The monoisotopic (exact) mass is 242 g/mol. The fourth-order valence-corrected chi connectivity index (χ4v) is 2.03. The van der Waals surface area contributed by atoms with Gasteiger partial charge in [-0.1, -0.05) is 13.8 Å². The summed E-state index contributed by atoms with van der Waals surface area (Å²) in [4.78, 5) is 26.4. The van der Waals surface area contributed by atoms with Crippen molar-refractivity contribution in [1.29, 1.82) is 0 Å². The van der Waals surface area contributed by atoms with Crippen LogP contribution in [0.1, 0.15) is 26.7 Å². The van der Waals surface area contributed by atoms with E-state index in [-0.39, 0.29) is 5.91 Å². The Balaban J connectivity index is 2.40. The van der Waals surface area contributed by atoms with Gasteiger partial charge in [-0.3, -0.25) is 14.5 Å². The van der Waals surface area contributed by atoms with Crippen LogP contribution in [0.15, 0.2) is 0 Å². The first-order valence-corrected chi connectivity index (χ1v) is 6.27. The Morgan fingerprint density at radius 3 is 2.41 bits per heavy atom. The molecule has 1 fully saturated rings. The van der Waals surface area contributed by atoms with Crippen LogP contribution in [-0.2, 0) is 9.59 Å². The van der Waals surface area contributed by atoms with Crippen molar-refractivity contribution in [3.8, 4) is 0 Å². The van der Waals surface area contributed by atoms with E-state index < -0.39 is 11.9 Å². The summed E-state index contributed by atoms with van der Waals surface area (Å²) < 4.78 is 0. The second-order valence-corrected chi connectivity index (χ2v) is 4.65. The van der Waals surface area contributed by atoms with E-state index in [2.05, 4.69) is 0 Å². The summed E-state index contributed by atoms with van der Waals surface area (Å²) in [5, 5.41) is 8.85. The number of nitrogens with zero attached hydrogens (tertiary/aromatic N) is 2. The third kappa shape index (κ3) is 4.34. The minimum Gasteiger partial charge on any atom is -0.481 e. The molecule has 0 spiro atoms. The smallest absolute Gasteiger partial charge is 0.307 e. The number of rotatable bonds is 6. The number of amides is 1. The molecule has 0 aliphatic carbocycles. The van der Waals surface area contributed by atoms with Crippen LogP contribution in [0.4, 0.5) is 0 Å². The van der Waals surface area contributed by atoms with E-state index in [1.807, 2.05) is 16.7 Å². The van der Waals surface area contributed by atoms with Crippen molar-refractivity contribution < 1.29 is 14.7 Å². The maximum atomic E-state index is 11.9. The lowest BCUT2D eigenvalue weighted by molar-refractivity contribution is -0.142. The first-order valence-electron chi connectivity index (χ1n) is 6.27. The van der Waals surface area contributed by atoms with E-state index in [1.54, 1.807) is 6.92 Å². The average molecular weight is 242 g/mol. The number of likely N-dealkylation sites (N-methyl/N-ethyl adjacent to an activating group) is 1. The van der Waals surface area contributed by atoms with E-state index in [1.165, 1.54) is 0 Å². The van der Waals surface area contributed by atoms with E-state index in [9.17, 15) is 9.59 Å². The zero-order valence-electron chi connectivity index (χ0n) is 10.7. The molecule has 0 bridgehead atoms. The molecular formula is C12H22N2O3. The predicted molar refractivity (Wildman–Crippen MR) is 64.7 cm³/mol. The molecular weight excluding hydrogens is 220 g/mol. The van der Waals surface area contributed by atoms with Gasteiger partial charge in [-0.25, -0.2) is 0 Å². The first-order chi connectivity index (χ1) is 8.04. The van der Waals surface area contributed by atoms with Gasteiger partial charge >= 0.3 is 5.97 Å². The lowest BCUT2D eigenvalue weighted by Crippen LogP contribution is -2.41. The summed E-state index contributed by atoms with van der Waals surface area (Å²) in [5.41, 5.74) is 0. The van der Waals surface area contributed by atoms with Crippen LogP contribution in [0.25, 0.3) is 0 Å². The number of likely N-dealkylation sites (tertiary alicyclic amines) is 1. The Morgan fingerprint density at radius 1 is 1.35 bits per heavy atom. The van der Waals surface area contributed by atoms with Crippen molar-refractivity contribution in [2.75, 3.05) is 32.7 Å². The van der Waals surface area contributed by atoms with Crippen molar-refractivity contribution in [1.82, 2.24) is 9.80 Å². The summed E-state index contributed by atoms with van der Waals surface area (Å²) in [7, 11) is 0. The third-order valence-electron chi connectivity index (χ3n) is 3.22. The molecule has 0 radical (unpaired) electrons. The maximum Gasteiger partial charge on any atom is 0.307 e. The van der Waals surface area contributed by atoms with Gasteiger partial charge in [-0.15, -0.1) is 0 Å². The molecule has 1 atom stereocenters. The number of carbonyl (C=O) groups is 2. The number of hydrogen-bond acceptors (Lipinski definition) is 3. The fraction of sp³-hybridized carbons (Fsp3) is 0.833. The van der Waals surface area contributed by atoms with Gasteiger partial charge in [0.25, 0.3) is 0 Å². The number of hydrogen-bond donors (Lipinski definition) is 1. The molecule has 0 aromatic carbocycles. The zero-order chi connectivity index (χ0) is 12.8. The van der Waals surface area contributed by atoms with E-state index in [0.717, 1.165) is 25.9 Å². The molecule has 1 saturated heterocycles. The zero-order valence-corrected chi connectivity index (χ0v) is 10.7. The molecule has 0 saturated carbocycles. The standard InChI is InChI=1S/C12H22N2O3/c1-3-13(8-10(2)12(16)17)9-11(15)14-6-4-5-7-14/h10H,3-9H2,1-2H3,(H,16,17). The number of carboxylic acid groups (broad SMARTS) is 1. The summed E-state index contributed by atoms with van der Waals surface area (Å²) in [5.74, 6) is -1.11. The number of aliphatic carboxylic acids is 1. The quantitative estimate of drug-likeness (QED) is 0.743. The highest BCUT2D eigenvalue weighted by Crippen LogP contribution is 2.08. The summed E-state index contributed by atoms with van der Waals surface area (Å²) in [6.07, 6.45) is 2.17. The Labute approximate surface area is 102 Å². The second-order valence-electron chi connectivity index (χ2n) is 4.65. The molecule has 1 unspecified atom stereocenters. The molecule has 17 heavy (non-hydrogen) atoms. The summed E-state index contributed by atoms with van der Waals surface area (Å²) >= 11 is 0. The topological polar surface area (TPSA) is 60.9 Å². The van der Waals surface area contributed by atoms with Crippen LogP contribution in [0.3, 0.4) is 0 Å². The Kier molecular flexibility index (Phi) is 5.41. The SMILES string of the molecule is CCN(CC(=O)N1CCCC1)CC(C)C(=O)O. The molecule has 1 aliphatic heterocycles. The molecule has 1 rings (SSSR count). The van der Waals surface area contributed by atoms with Gasteiger partial charge in [0.2, 0.25) is 5.91 Å². The van der Waals surface area contributed by atoms with Crippen molar-refractivity contribution in [3.05, 3.63) is 0 Å². The average Bonchev–Trinajstić information content (AvgIpc) is 2.81. The van der Waals surface area contributed by atoms with Gasteiger partial charge in [0.15, 0.2) is 0 Å². The highest BCUT2D eigenvalue weighted by atomic mass is 16.4. The summed E-state index contributed by atoms with van der Waals surface area (Å²) in [6, 6.07) is 0. The minimum absolute atomic E-state index is 0.127. The van der Waals surface area contributed by atoms with Crippen LogP contribution < -0.4 is 0 Å². The highest BCUT2D eigenvalue weighted by molar-refractivity contribution is 5.78. The number of carbonyl (C=O) groups excluding carboxylic acids is 1. The Hall–Kier alpha value is -1.10. The molecule has 5 nitrogen and oxygen atoms in total. The predicted octanol–water partition coefficient (Wildman–Crippen LogP) is 0.651. The minimum atomic E-state index is -0.808. The van der Waals surface area contributed by atoms with Crippen LogP contribution in [0.2, 0.25) is 0 Å². The van der Waals surface area contributed by atoms with E-state index in [0.29, 0.717) is 19.6 Å². The van der Waals surface area contributed by atoms with Gasteiger partial charge in [0.1, 0.15) is 0 Å². The van der Waals surface area contributed by atoms with Gasteiger partial charge in [-0.05, 0) is 19.4 Å². The molecule has 1 N–H and O–H groups in total. The first kappa shape index (κ1) is 14.0. The van der Waals surface area contributed by atoms with E-state index in [4.69, 9.17) is 5.11 Å². The van der Waals surface area contributed by atoms with Crippen LogP contribution in [0.5, 0.6) is 0 Å². The van der Waals surface area contributed by atoms with E-state index >= 15 is 0 Å². The second kappa shape index (κ2) is 6.59. The van der Waals surface area contributed by atoms with Crippen molar-refractivity contribution >= 4 is 11.9 Å². The van der Waals surface area contributed by atoms with Crippen LogP contribution >= 0.6 is 0 Å². The van der Waals surface area contributed by atoms with Gasteiger partial charge in [0, 0.05) is 19.6 Å². The molecule has 0 aromatic rings. The number of carboxylic acids is 1. The van der Waals surface area contributed by atoms with Gasteiger partial charge < -0.3 is 10.0 Å². The third-order valence-corrected chi connectivity index (χ3v) is 3.22. The normalized spacial score (nSPS) is 17.5. The molecule has 0 aromatic heterocycles. The maximum absolute atomic E-state index is 11.9. The van der Waals surface area contributed by atoms with Gasteiger partial charge in [0.05, 0.1) is 12.5 Å². The van der Waals surface area contributed by atoms with Crippen LogP contribution in [-0.4, -0.2) is 59.5 Å². The fourth-order valence-electron chi connectivity index (χ4n) is 2.03. The lowest BCUT2D eigenvalue weighted by Gasteiger charge is -2.24. The van der Waals surface area contributed by atoms with Gasteiger partial charge in [-0.2, -0.15) is 0 Å².